The summed E-state index contributed by atoms with van der Waals surface area (Å²) in [6.45, 7) is 3.42. The number of likely N-dealkylation sites (N-methyl/N-ethyl adjacent to an activating group) is 1. The van der Waals surface area contributed by atoms with Gasteiger partial charge in [0.2, 0.25) is 0 Å². The van der Waals surface area contributed by atoms with E-state index in [-0.39, 0.29) is 5.91 Å². The van der Waals surface area contributed by atoms with Crippen LogP contribution in [0.1, 0.15) is 10.5 Å². The number of aromatic nitrogens is 2. The lowest BCUT2D eigenvalue weighted by atomic mass is 10.3. The molecule has 0 unspecified atom stereocenters. The molecule has 0 atom stereocenters. The van der Waals surface area contributed by atoms with Crippen molar-refractivity contribution < 1.29 is 4.79 Å². The number of hydrogen-bond donors (Lipinski definition) is 1. The van der Waals surface area contributed by atoms with E-state index in [1.807, 2.05) is 4.90 Å². The maximum atomic E-state index is 11.8. The summed E-state index contributed by atoms with van der Waals surface area (Å²) in [4.78, 5) is 22.3. The summed E-state index contributed by atoms with van der Waals surface area (Å²) in [5.41, 5.74) is 0.453. The third kappa shape index (κ3) is 1.77. The molecule has 0 aromatic carbocycles. The highest BCUT2D eigenvalue weighted by molar-refractivity contribution is 5.92. The predicted octanol–water partition coefficient (Wildman–Crippen LogP) is -0.403. The molecule has 1 aromatic rings. The molecule has 5 nitrogen and oxygen atoms in total. The molecule has 1 radical (unpaired) electrons. The molecule has 2 rings (SSSR count). The normalized spacial score (nSPS) is 18.5. The van der Waals surface area contributed by atoms with Gasteiger partial charge in [0.1, 0.15) is 5.69 Å². The molecule has 1 amide bonds. The number of aromatic amines is 1. The monoisotopic (exact) mass is 193 g/mol. The molecule has 2 heterocycles. The third-order valence-corrected chi connectivity index (χ3v) is 2.46. The molecule has 1 saturated heterocycles. The van der Waals surface area contributed by atoms with Crippen molar-refractivity contribution in [3.8, 4) is 0 Å². The molecule has 0 bridgehead atoms. The van der Waals surface area contributed by atoms with Crippen molar-refractivity contribution in [2.45, 2.75) is 0 Å². The lowest BCUT2D eigenvalue weighted by Gasteiger charge is -2.31. The summed E-state index contributed by atoms with van der Waals surface area (Å²) in [5.74, 6) is -0.00407. The number of carbonyl (C=O) groups excluding carboxylic acids is 1. The first-order chi connectivity index (χ1) is 6.77. The number of imidazole rings is 1. The standard InChI is InChI=1S/C9H13N4O/c1-12-2-4-13(5-3-12)9(14)8-6-10-7-11-8/h6H,2-5H2,1H3,(H,10,11). The average molecular weight is 193 g/mol. The lowest BCUT2D eigenvalue weighted by molar-refractivity contribution is 0.0659. The zero-order valence-corrected chi connectivity index (χ0v) is 8.16. The van der Waals surface area contributed by atoms with E-state index in [9.17, 15) is 4.79 Å². The van der Waals surface area contributed by atoms with Crippen LogP contribution in [0.15, 0.2) is 6.20 Å². The van der Waals surface area contributed by atoms with Crippen molar-refractivity contribution in [2.24, 2.45) is 0 Å². The van der Waals surface area contributed by atoms with Crippen LogP contribution in [0.4, 0.5) is 0 Å². The van der Waals surface area contributed by atoms with Gasteiger partial charge in [-0.25, -0.2) is 4.98 Å². The Morgan fingerprint density at radius 3 is 2.79 bits per heavy atom. The quantitative estimate of drug-likeness (QED) is 0.660. The van der Waals surface area contributed by atoms with Crippen molar-refractivity contribution in [3.63, 3.8) is 0 Å². The van der Waals surface area contributed by atoms with E-state index in [0.717, 1.165) is 26.2 Å². The average Bonchev–Trinajstić information content (AvgIpc) is 2.71. The van der Waals surface area contributed by atoms with Crippen LogP contribution in [0.2, 0.25) is 0 Å². The van der Waals surface area contributed by atoms with Gasteiger partial charge in [0.05, 0.1) is 0 Å². The van der Waals surface area contributed by atoms with Crippen molar-refractivity contribution in [3.05, 3.63) is 18.2 Å². The van der Waals surface area contributed by atoms with Gasteiger partial charge in [0.25, 0.3) is 5.91 Å². The van der Waals surface area contributed by atoms with Gasteiger partial charge in [-0.1, -0.05) is 0 Å². The fourth-order valence-corrected chi connectivity index (χ4v) is 1.51. The van der Waals surface area contributed by atoms with Crippen LogP contribution in [-0.4, -0.2) is 58.9 Å². The number of rotatable bonds is 1. The molecule has 14 heavy (non-hydrogen) atoms. The minimum Gasteiger partial charge on any atom is -0.341 e. The fourth-order valence-electron chi connectivity index (χ4n) is 1.51. The minimum atomic E-state index is -0.00407. The Morgan fingerprint density at radius 1 is 1.50 bits per heavy atom. The zero-order chi connectivity index (χ0) is 9.97. The van der Waals surface area contributed by atoms with E-state index in [4.69, 9.17) is 0 Å². The Morgan fingerprint density at radius 2 is 2.21 bits per heavy atom. The van der Waals surface area contributed by atoms with Crippen LogP contribution in [0.3, 0.4) is 0 Å². The number of piperazine rings is 1. The Labute approximate surface area is 82.7 Å². The Balaban J connectivity index is 1.99. The number of nitrogens with one attached hydrogen (secondary N) is 1. The second-order valence-electron chi connectivity index (χ2n) is 3.49. The zero-order valence-electron chi connectivity index (χ0n) is 8.16. The van der Waals surface area contributed by atoms with Crippen molar-refractivity contribution in [1.82, 2.24) is 19.8 Å². The molecular weight excluding hydrogens is 180 g/mol. The molecule has 1 aliphatic heterocycles. The number of nitrogens with zero attached hydrogens (tertiary/aromatic N) is 3. The van der Waals surface area contributed by atoms with Gasteiger partial charge in [-0.2, -0.15) is 0 Å². The number of amides is 1. The summed E-state index contributed by atoms with van der Waals surface area (Å²) in [6, 6.07) is 0. The third-order valence-electron chi connectivity index (χ3n) is 2.46. The minimum absolute atomic E-state index is 0.00407. The summed E-state index contributed by atoms with van der Waals surface area (Å²) >= 11 is 0. The highest BCUT2D eigenvalue weighted by Crippen LogP contribution is 2.04. The number of hydrogen-bond acceptors (Lipinski definition) is 3. The molecule has 5 heteroatoms. The van der Waals surface area contributed by atoms with Gasteiger partial charge in [0.15, 0.2) is 6.33 Å². The topological polar surface area (TPSA) is 52.2 Å². The van der Waals surface area contributed by atoms with Gasteiger partial charge in [-0.3, -0.25) is 4.79 Å². The maximum Gasteiger partial charge on any atom is 0.274 e. The molecule has 1 N–H and O–H groups in total. The Kier molecular flexibility index (Phi) is 2.49. The van der Waals surface area contributed by atoms with Crippen molar-refractivity contribution in [1.29, 1.82) is 0 Å². The summed E-state index contributed by atoms with van der Waals surface area (Å²) in [5, 5.41) is 0. The first kappa shape index (κ1) is 9.21. The Hall–Kier alpha value is -1.36. The predicted molar refractivity (Wildman–Crippen MR) is 50.8 cm³/mol. The van der Waals surface area contributed by atoms with Gasteiger partial charge in [-0.15, -0.1) is 0 Å². The van der Waals surface area contributed by atoms with Crippen LogP contribution < -0.4 is 0 Å². The molecule has 1 aromatic heterocycles. The SMILES string of the molecule is CN1CCN(C(=O)c2c[nH][c]n2)CC1. The van der Waals surface area contributed by atoms with Gasteiger partial charge in [-0.05, 0) is 7.05 Å². The van der Waals surface area contributed by atoms with Gasteiger partial charge >= 0.3 is 0 Å². The largest absolute Gasteiger partial charge is 0.341 e. The lowest BCUT2D eigenvalue weighted by Crippen LogP contribution is -2.47. The van der Waals surface area contributed by atoms with E-state index in [1.54, 1.807) is 6.20 Å². The van der Waals surface area contributed by atoms with E-state index in [2.05, 4.69) is 28.2 Å². The molecule has 0 spiro atoms. The van der Waals surface area contributed by atoms with E-state index in [1.165, 1.54) is 0 Å². The summed E-state index contributed by atoms with van der Waals surface area (Å²) in [6.07, 6.45) is 4.11. The first-order valence-electron chi connectivity index (χ1n) is 4.66. The second-order valence-corrected chi connectivity index (χ2v) is 3.49. The number of H-pyrrole nitrogens is 1. The molecule has 0 aliphatic carbocycles. The Bertz CT molecular complexity index is 301. The van der Waals surface area contributed by atoms with Crippen molar-refractivity contribution in [2.75, 3.05) is 33.2 Å². The summed E-state index contributed by atoms with van der Waals surface area (Å²) in [7, 11) is 2.06. The molecule has 1 fully saturated rings. The highest BCUT2D eigenvalue weighted by atomic mass is 16.2. The van der Waals surface area contributed by atoms with Crippen LogP contribution in [0, 0.1) is 6.33 Å². The van der Waals surface area contributed by atoms with Gasteiger partial charge < -0.3 is 14.8 Å². The second kappa shape index (κ2) is 3.79. The molecule has 0 saturated carbocycles. The van der Waals surface area contributed by atoms with E-state index >= 15 is 0 Å². The van der Waals surface area contributed by atoms with Gasteiger partial charge in [0, 0.05) is 32.4 Å². The van der Waals surface area contributed by atoms with Crippen LogP contribution in [0.25, 0.3) is 0 Å². The fraction of sp³-hybridized carbons (Fsp3) is 0.556. The maximum absolute atomic E-state index is 11.8. The molecule has 1 aliphatic rings. The first-order valence-corrected chi connectivity index (χ1v) is 4.66. The van der Waals surface area contributed by atoms with Crippen LogP contribution >= 0.6 is 0 Å². The molecule has 75 valence electrons. The summed E-state index contributed by atoms with van der Waals surface area (Å²) < 4.78 is 0. The number of carbonyl (C=O) groups is 1. The van der Waals surface area contributed by atoms with Crippen LogP contribution in [-0.2, 0) is 0 Å². The van der Waals surface area contributed by atoms with E-state index in [0.29, 0.717) is 5.69 Å². The highest BCUT2D eigenvalue weighted by Gasteiger charge is 2.21. The smallest absolute Gasteiger partial charge is 0.274 e. The van der Waals surface area contributed by atoms with Crippen LogP contribution in [0.5, 0.6) is 0 Å². The molecular formula is C9H13N4O. The van der Waals surface area contributed by atoms with Crippen molar-refractivity contribution >= 4 is 5.91 Å². The van der Waals surface area contributed by atoms with E-state index < -0.39 is 0 Å².